The zero-order valence-corrected chi connectivity index (χ0v) is 28.5. The Morgan fingerprint density at radius 2 is 1.36 bits per heavy atom. The molecular weight excluding hydrogens is 725 g/mol. The number of aromatic nitrogens is 2. The second-order valence-corrected chi connectivity index (χ2v) is 12.4. The molecule has 0 aliphatic rings. The fourth-order valence-corrected chi connectivity index (χ4v) is 5.59. The first-order chi connectivity index (χ1) is 21.4. The number of fused-ring (bicyclic) bond motifs is 3. The average molecular weight is 761 g/mol. The SMILES string of the molecule is Cc1cnc(-c2[c-]cc(-c3cc4ccccc4c4ccccc34)cc2)cc1CC(C)(C)C.[Ir].[c-]1ccccc1-c1ccccn1. The molecule has 2 aromatic heterocycles. The second-order valence-electron chi connectivity index (χ2n) is 12.4. The molecule has 2 heterocycles. The van der Waals surface area contributed by atoms with Crippen molar-refractivity contribution < 1.29 is 20.1 Å². The van der Waals surface area contributed by atoms with Crippen molar-refractivity contribution in [2.45, 2.75) is 34.1 Å². The summed E-state index contributed by atoms with van der Waals surface area (Å²) in [4.78, 5) is 8.92. The second kappa shape index (κ2) is 14.1. The Kier molecular flexibility index (Phi) is 10.0. The Hall–Kier alpha value is -4.43. The fourth-order valence-electron chi connectivity index (χ4n) is 5.59. The molecule has 0 saturated carbocycles. The van der Waals surface area contributed by atoms with Gasteiger partial charge in [0.15, 0.2) is 0 Å². The van der Waals surface area contributed by atoms with Gasteiger partial charge in [-0.25, -0.2) is 0 Å². The van der Waals surface area contributed by atoms with Gasteiger partial charge in [0.05, 0.1) is 0 Å². The topological polar surface area (TPSA) is 25.8 Å². The minimum Gasteiger partial charge on any atom is -0.305 e. The molecule has 3 heteroatoms. The molecule has 1 radical (unpaired) electrons. The van der Waals surface area contributed by atoms with E-state index in [1.807, 2.05) is 48.7 Å². The largest absolute Gasteiger partial charge is 0.305 e. The van der Waals surface area contributed by atoms with E-state index in [1.165, 1.54) is 43.8 Å². The van der Waals surface area contributed by atoms with Crippen molar-refractivity contribution >= 4 is 21.5 Å². The van der Waals surface area contributed by atoms with Gasteiger partial charge in [-0.15, -0.1) is 65.7 Å². The summed E-state index contributed by atoms with van der Waals surface area (Å²) in [5, 5.41) is 5.12. The summed E-state index contributed by atoms with van der Waals surface area (Å²) in [6.07, 6.45) is 4.82. The van der Waals surface area contributed by atoms with Gasteiger partial charge in [0.2, 0.25) is 0 Å². The summed E-state index contributed by atoms with van der Waals surface area (Å²) in [7, 11) is 0. The fraction of sp³-hybridized carbons (Fsp3) is 0.143. The van der Waals surface area contributed by atoms with Gasteiger partial charge in [0, 0.05) is 32.5 Å². The molecule has 0 bridgehead atoms. The van der Waals surface area contributed by atoms with Crippen LogP contribution >= 0.6 is 0 Å². The normalized spacial score (nSPS) is 11.0. The molecule has 0 spiro atoms. The predicted octanol–water partition coefficient (Wildman–Crippen LogP) is 11.0. The predicted molar refractivity (Wildman–Crippen MR) is 185 cm³/mol. The van der Waals surface area contributed by atoms with Crippen LogP contribution in [0.2, 0.25) is 0 Å². The van der Waals surface area contributed by atoms with Crippen LogP contribution in [0.3, 0.4) is 0 Å². The Bertz CT molecular complexity index is 1970. The third-order valence-electron chi connectivity index (χ3n) is 7.75. The molecule has 7 aromatic rings. The molecule has 0 aliphatic heterocycles. The summed E-state index contributed by atoms with van der Waals surface area (Å²) in [6.45, 7) is 8.99. The number of pyridine rings is 2. The standard InChI is InChI=1S/C31H28N.C11H8N.Ir/c1-21-20-32-30(18-25(21)19-31(2,3)4)23-15-13-22(14-16-23)29-17-24-9-5-6-10-26(24)27-11-7-8-12-28(27)29;1-2-6-10(7-3-1)11-8-4-5-9-12-11;/h5-15,17-18,20H,19H2,1-4H3;1-6,8-9H;/q2*-1;. The zero-order chi connectivity index (χ0) is 30.5. The van der Waals surface area contributed by atoms with Gasteiger partial charge in [-0.2, -0.15) is 0 Å². The molecule has 0 fully saturated rings. The van der Waals surface area contributed by atoms with Gasteiger partial charge >= 0.3 is 0 Å². The van der Waals surface area contributed by atoms with Gasteiger partial charge in [-0.3, -0.25) is 0 Å². The maximum atomic E-state index is 4.70. The molecule has 5 aromatic carbocycles. The first kappa shape index (κ1) is 32.0. The van der Waals surface area contributed by atoms with Crippen LogP contribution in [0.5, 0.6) is 0 Å². The van der Waals surface area contributed by atoms with Crippen molar-refractivity contribution in [3.63, 3.8) is 0 Å². The van der Waals surface area contributed by atoms with Crippen LogP contribution in [-0.4, -0.2) is 9.97 Å². The third kappa shape index (κ3) is 7.63. The summed E-state index contributed by atoms with van der Waals surface area (Å²) < 4.78 is 0. The molecular formula is C42H36IrN2-2. The van der Waals surface area contributed by atoms with Crippen molar-refractivity contribution in [3.05, 3.63) is 157 Å². The Morgan fingerprint density at radius 3 is 2.04 bits per heavy atom. The van der Waals surface area contributed by atoms with E-state index in [-0.39, 0.29) is 25.5 Å². The van der Waals surface area contributed by atoms with Crippen LogP contribution in [0.15, 0.2) is 134 Å². The van der Waals surface area contributed by atoms with Crippen LogP contribution < -0.4 is 0 Å². The van der Waals surface area contributed by atoms with E-state index in [1.54, 1.807) is 6.20 Å². The zero-order valence-electron chi connectivity index (χ0n) is 26.1. The van der Waals surface area contributed by atoms with E-state index in [0.717, 1.165) is 28.9 Å². The molecule has 0 N–H and O–H groups in total. The molecule has 45 heavy (non-hydrogen) atoms. The third-order valence-corrected chi connectivity index (χ3v) is 7.75. The number of hydrogen-bond donors (Lipinski definition) is 0. The summed E-state index contributed by atoms with van der Waals surface area (Å²) in [5.74, 6) is 0. The Labute approximate surface area is 280 Å². The molecule has 0 amide bonds. The summed E-state index contributed by atoms with van der Waals surface area (Å²) >= 11 is 0. The molecule has 0 unspecified atom stereocenters. The quantitative estimate of drug-likeness (QED) is 0.132. The van der Waals surface area contributed by atoms with E-state index >= 15 is 0 Å². The van der Waals surface area contributed by atoms with Crippen LogP contribution in [0, 0.1) is 24.5 Å². The number of aryl methyl sites for hydroxylation is 1. The minimum atomic E-state index is 0. The monoisotopic (exact) mass is 761 g/mol. The minimum absolute atomic E-state index is 0. The number of benzene rings is 5. The number of hydrogen-bond acceptors (Lipinski definition) is 2. The summed E-state index contributed by atoms with van der Waals surface area (Å²) in [6, 6.07) is 48.6. The first-order valence-electron chi connectivity index (χ1n) is 15.1. The molecule has 0 atom stereocenters. The van der Waals surface area contributed by atoms with Gasteiger partial charge < -0.3 is 9.97 Å². The van der Waals surface area contributed by atoms with Crippen LogP contribution in [-0.2, 0) is 26.5 Å². The maximum absolute atomic E-state index is 4.70. The first-order valence-corrected chi connectivity index (χ1v) is 15.1. The molecule has 2 nitrogen and oxygen atoms in total. The molecule has 0 saturated heterocycles. The molecule has 225 valence electrons. The average Bonchev–Trinajstić information content (AvgIpc) is 3.06. The molecule has 0 aliphatic carbocycles. The molecule has 7 rings (SSSR count). The number of rotatable bonds is 4. The number of nitrogens with zero attached hydrogens (tertiary/aromatic N) is 2. The van der Waals surface area contributed by atoms with Crippen molar-refractivity contribution in [1.82, 2.24) is 9.97 Å². The van der Waals surface area contributed by atoms with E-state index < -0.39 is 0 Å². The Morgan fingerprint density at radius 1 is 0.644 bits per heavy atom. The van der Waals surface area contributed by atoms with Crippen LogP contribution in [0.25, 0.3) is 55.2 Å². The van der Waals surface area contributed by atoms with Gasteiger partial charge in [0.1, 0.15) is 0 Å². The summed E-state index contributed by atoms with van der Waals surface area (Å²) in [5.41, 5.74) is 9.32. The van der Waals surface area contributed by atoms with Crippen LogP contribution in [0.4, 0.5) is 0 Å². The van der Waals surface area contributed by atoms with Crippen molar-refractivity contribution in [2.24, 2.45) is 5.41 Å². The van der Waals surface area contributed by atoms with Crippen molar-refractivity contribution in [2.75, 3.05) is 0 Å². The van der Waals surface area contributed by atoms with Crippen LogP contribution in [0.1, 0.15) is 31.9 Å². The van der Waals surface area contributed by atoms with Gasteiger partial charge in [-0.05, 0) is 63.3 Å². The van der Waals surface area contributed by atoms with E-state index in [0.29, 0.717) is 0 Å². The van der Waals surface area contributed by atoms with E-state index in [2.05, 4.69) is 124 Å². The van der Waals surface area contributed by atoms with E-state index in [9.17, 15) is 0 Å². The van der Waals surface area contributed by atoms with Crippen molar-refractivity contribution in [1.29, 1.82) is 0 Å². The Balaban J connectivity index is 0.000000258. The smallest absolute Gasteiger partial charge is 0.0192 e. The maximum Gasteiger partial charge on any atom is 0.0192 e. The van der Waals surface area contributed by atoms with Gasteiger partial charge in [-0.1, -0.05) is 110 Å². The van der Waals surface area contributed by atoms with E-state index in [4.69, 9.17) is 4.98 Å². The van der Waals surface area contributed by atoms with Crippen molar-refractivity contribution in [3.8, 4) is 33.6 Å². The van der Waals surface area contributed by atoms with Gasteiger partial charge in [0.25, 0.3) is 0 Å².